The quantitative estimate of drug-likeness (QED) is 0.436. The maximum absolute atomic E-state index is 13.2. The molecule has 8 nitrogen and oxygen atoms in total. The van der Waals surface area contributed by atoms with Gasteiger partial charge < -0.3 is 15.1 Å². The van der Waals surface area contributed by atoms with Crippen LogP contribution in [-0.4, -0.2) is 42.8 Å². The molecule has 0 aliphatic carbocycles. The predicted molar refractivity (Wildman–Crippen MR) is 125 cm³/mol. The highest BCUT2D eigenvalue weighted by Crippen LogP contribution is 2.35. The Morgan fingerprint density at radius 1 is 1.03 bits per heavy atom. The van der Waals surface area contributed by atoms with Crippen molar-refractivity contribution in [1.82, 2.24) is 19.7 Å². The van der Waals surface area contributed by atoms with Gasteiger partial charge in [0.25, 0.3) is 5.91 Å². The number of hydrogen-bond acceptors (Lipinski definition) is 5. The molecule has 0 atom stereocenters. The number of carbonyl (C=O) groups excluding carboxylic acids is 1. The van der Waals surface area contributed by atoms with Crippen LogP contribution in [0.1, 0.15) is 27.0 Å². The fourth-order valence-electron chi connectivity index (χ4n) is 3.80. The first-order chi connectivity index (χ1) is 15.8. The van der Waals surface area contributed by atoms with Gasteiger partial charge in [0, 0.05) is 19.7 Å². The van der Waals surface area contributed by atoms with Crippen molar-refractivity contribution in [1.29, 1.82) is 0 Å². The van der Waals surface area contributed by atoms with Crippen molar-refractivity contribution in [2.75, 3.05) is 7.05 Å². The van der Waals surface area contributed by atoms with Crippen molar-refractivity contribution in [3.8, 4) is 28.6 Å². The van der Waals surface area contributed by atoms with Crippen molar-refractivity contribution < 1.29 is 15.0 Å². The van der Waals surface area contributed by atoms with Crippen LogP contribution in [0.25, 0.3) is 17.1 Å². The number of amides is 1. The number of rotatable bonds is 5. The number of carbonyl (C=O) groups is 1. The molecule has 8 heteroatoms. The summed E-state index contributed by atoms with van der Waals surface area (Å²) in [6, 6.07) is 17.5. The van der Waals surface area contributed by atoms with Crippen LogP contribution in [0.15, 0.2) is 65.5 Å². The number of para-hydroxylation sites is 1. The summed E-state index contributed by atoms with van der Waals surface area (Å²) in [5.74, 6) is -0.977. The predicted octanol–water partition coefficient (Wildman–Crippen LogP) is 3.53. The van der Waals surface area contributed by atoms with Crippen molar-refractivity contribution in [3.63, 3.8) is 0 Å². The minimum Gasteiger partial charge on any atom is -0.507 e. The first-order valence-corrected chi connectivity index (χ1v) is 10.4. The first-order valence-electron chi connectivity index (χ1n) is 10.4. The Hall–Kier alpha value is -4.33. The maximum Gasteiger partial charge on any atom is 0.348 e. The number of aromatic nitrogens is 3. The summed E-state index contributed by atoms with van der Waals surface area (Å²) in [5, 5.41) is 27.5. The molecule has 0 saturated heterocycles. The molecule has 0 fully saturated rings. The summed E-state index contributed by atoms with van der Waals surface area (Å²) in [6.45, 7) is 4.16. The van der Waals surface area contributed by atoms with Gasteiger partial charge in [-0.2, -0.15) is 5.10 Å². The summed E-state index contributed by atoms with van der Waals surface area (Å²) >= 11 is 0. The van der Waals surface area contributed by atoms with E-state index >= 15 is 0 Å². The monoisotopic (exact) mass is 444 g/mol. The van der Waals surface area contributed by atoms with Crippen LogP contribution in [0.2, 0.25) is 0 Å². The number of aromatic hydroxyl groups is 2. The summed E-state index contributed by atoms with van der Waals surface area (Å²) in [6.07, 6.45) is 0. The number of phenolic OH excluding ortho intramolecular Hbond substituents is 2. The SMILES string of the molecule is Cc1cccc(CN(C)C(=O)c2cc(-c3n[nH]c(=O)n3-c3ccccc3C)c(O)cc2O)c1. The standard InChI is InChI=1S/C25H24N4O4/c1-15-7-6-9-17(11-15)14-28(3)24(32)19-12-18(21(30)13-22(19)31)23-26-27-25(33)29(23)20-10-5-4-8-16(20)2/h4-13,30-31H,14H2,1-3H3,(H,27,33). The number of benzene rings is 3. The fraction of sp³-hybridized carbons (Fsp3) is 0.160. The summed E-state index contributed by atoms with van der Waals surface area (Å²) in [4.78, 5) is 27.2. The average Bonchev–Trinajstić information content (AvgIpc) is 3.14. The second-order valence-corrected chi connectivity index (χ2v) is 8.01. The number of nitrogens with zero attached hydrogens (tertiary/aromatic N) is 3. The molecular formula is C25H24N4O4. The lowest BCUT2D eigenvalue weighted by Gasteiger charge is -2.19. The van der Waals surface area contributed by atoms with E-state index in [2.05, 4.69) is 10.2 Å². The molecule has 0 aliphatic heterocycles. The Kier molecular flexibility index (Phi) is 5.74. The van der Waals surface area contributed by atoms with Crippen molar-refractivity contribution in [3.05, 3.63) is 93.4 Å². The third-order valence-corrected chi connectivity index (χ3v) is 5.46. The first kappa shape index (κ1) is 21.9. The van der Waals surface area contributed by atoms with Crippen LogP contribution < -0.4 is 5.69 Å². The van der Waals surface area contributed by atoms with E-state index < -0.39 is 11.6 Å². The van der Waals surface area contributed by atoms with E-state index in [0.717, 1.165) is 22.8 Å². The molecule has 0 radical (unpaired) electrons. The minimum absolute atomic E-state index is 0.00950. The third-order valence-electron chi connectivity index (χ3n) is 5.46. The molecule has 3 aromatic carbocycles. The molecule has 0 aliphatic rings. The van der Waals surface area contributed by atoms with Gasteiger partial charge >= 0.3 is 5.69 Å². The molecule has 0 bridgehead atoms. The summed E-state index contributed by atoms with van der Waals surface area (Å²) in [7, 11) is 1.63. The molecular weight excluding hydrogens is 420 g/mol. The number of aromatic amines is 1. The van der Waals surface area contributed by atoms with Gasteiger partial charge in [0.1, 0.15) is 11.5 Å². The second-order valence-electron chi connectivity index (χ2n) is 8.01. The van der Waals surface area contributed by atoms with E-state index in [0.29, 0.717) is 12.2 Å². The molecule has 1 aromatic heterocycles. The van der Waals surface area contributed by atoms with Gasteiger partial charge in [-0.15, -0.1) is 0 Å². The van der Waals surface area contributed by atoms with E-state index in [1.807, 2.05) is 50.2 Å². The van der Waals surface area contributed by atoms with E-state index in [4.69, 9.17) is 0 Å². The summed E-state index contributed by atoms with van der Waals surface area (Å²) < 4.78 is 1.33. The Balaban J connectivity index is 1.76. The smallest absolute Gasteiger partial charge is 0.348 e. The lowest BCUT2D eigenvalue weighted by molar-refractivity contribution is 0.0782. The van der Waals surface area contributed by atoms with Crippen LogP contribution in [0.4, 0.5) is 0 Å². The van der Waals surface area contributed by atoms with Crippen molar-refractivity contribution in [2.24, 2.45) is 0 Å². The van der Waals surface area contributed by atoms with E-state index in [1.54, 1.807) is 19.2 Å². The lowest BCUT2D eigenvalue weighted by Crippen LogP contribution is -2.26. The van der Waals surface area contributed by atoms with Crippen LogP contribution in [0, 0.1) is 13.8 Å². The molecule has 3 N–H and O–H groups in total. The molecule has 1 amide bonds. The molecule has 0 unspecified atom stereocenters. The van der Waals surface area contributed by atoms with E-state index in [1.165, 1.54) is 15.5 Å². The van der Waals surface area contributed by atoms with Gasteiger partial charge in [-0.25, -0.2) is 14.5 Å². The number of aryl methyl sites for hydroxylation is 2. The van der Waals surface area contributed by atoms with Crippen LogP contribution >= 0.6 is 0 Å². The lowest BCUT2D eigenvalue weighted by atomic mass is 10.1. The second kappa shape index (κ2) is 8.66. The molecule has 4 aromatic rings. The van der Waals surface area contributed by atoms with Gasteiger partial charge in [-0.05, 0) is 37.1 Å². The highest BCUT2D eigenvalue weighted by atomic mass is 16.3. The molecule has 168 valence electrons. The van der Waals surface area contributed by atoms with E-state index in [-0.39, 0.29) is 28.5 Å². The zero-order valence-electron chi connectivity index (χ0n) is 18.5. The average molecular weight is 444 g/mol. The highest BCUT2D eigenvalue weighted by molar-refractivity contribution is 5.98. The Labute approximate surface area is 190 Å². The minimum atomic E-state index is -0.490. The largest absolute Gasteiger partial charge is 0.507 e. The number of H-pyrrole nitrogens is 1. The molecule has 0 saturated carbocycles. The maximum atomic E-state index is 13.2. The summed E-state index contributed by atoms with van der Waals surface area (Å²) in [5.41, 5.74) is 3.08. The zero-order valence-corrected chi connectivity index (χ0v) is 18.5. The normalized spacial score (nSPS) is 10.9. The molecule has 1 heterocycles. The van der Waals surface area contributed by atoms with Gasteiger partial charge in [0.15, 0.2) is 5.82 Å². The highest BCUT2D eigenvalue weighted by Gasteiger charge is 2.23. The zero-order chi connectivity index (χ0) is 23.7. The van der Waals surface area contributed by atoms with E-state index in [9.17, 15) is 19.8 Å². The van der Waals surface area contributed by atoms with Gasteiger partial charge in [-0.1, -0.05) is 48.0 Å². The topological polar surface area (TPSA) is 111 Å². The molecule has 0 spiro atoms. The number of phenols is 2. The fourth-order valence-corrected chi connectivity index (χ4v) is 3.80. The van der Waals surface area contributed by atoms with Crippen LogP contribution in [0.3, 0.4) is 0 Å². The van der Waals surface area contributed by atoms with Gasteiger partial charge in [-0.3, -0.25) is 4.79 Å². The molecule has 33 heavy (non-hydrogen) atoms. The Bertz CT molecular complexity index is 1400. The van der Waals surface area contributed by atoms with Crippen molar-refractivity contribution >= 4 is 5.91 Å². The number of hydrogen-bond donors (Lipinski definition) is 3. The van der Waals surface area contributed by atoms with Gasteiger partial charge in [0.2, 0.25) is 0 Å². The molecule has 4 rings (SSSR count). The Morgan fingerprint density at radius 3 is 2.52 bits per heavy atom. The Morgan fingerprint density at radius 2 is 1.79 bits per heavy atom. The third kappa shape index (κ3) is 4.23. The van der Waals surface area contributed by atoms with Crippen molar-refractivity contribution in [2.45, 2.75) is 20.4 Å². The van der Waals surface area contributed by atoms with Gasteiger partial charge in [0.05, 0.1) is 16.8 Å². The number of nitrogens with one attached hydrogen (secondary N) is 1. The van der Waals surface area contributed by atoms with Crippen LogP contribution in [-0.2, 0) is 6.54 Å². The van der Waals surface area contributed by atoms with Crippen LogP contribution in [0.5, 0.6) is 11.5 Å².